The fourth-order valence-electron chi connectivity index (χ4n) is 11.4. The number of rotatable bonds is 8. The Hall–Kier alpha value is -8.86. The monoisotopic (exact) mass is 898 g/mol. The number of benzene rings is 10. The van der Waals surface area contributed by atoms with E-state index in [1.165, 1.54) is 44.2 Å². The highest BCUT2D eigenvalue weighted by atomic mass is 16.5. The minimum Gasteiger partial charge on any atom is -0.483 e. The summed E-state index contributed by atoms with van der Waals surface area (Å²) in [5.41, 5.74) is 13.4. The smallest absolute Gasteiger partial charge is 0.148 e. The molecule has 0 saturated carbocycles. The van der Waals surface area contributed by atoms with Gasteiger partial charge in [-0.05, 0) is 104 Å². The summed E-state index contributed by atoms with van der Waals surface area (Å²) in [5.74, 6) is 2.15. The van der Waals surface area contributed by atoms with Gasteiger partial charge in [0.1, 0.15) is 23.7 Å². The van der Waals surface area contributed by atoms with E-state index in [-0.39, 0.29) is 24.0 Å². The molecule has 0 amide bonds. The molecule has 10 aromatic carbocycles. The van der Waals surface area contributed by atoms with Crippen molar-refractivity contribution in [2.45, 2.75) is 24.0 Å². The maximum atomic E-state index is 6.95. The summed E-state index contributed by atoms with van der Waals surface area (Å²) in [6, 6.07) is 75.1. The van der Waals surface area contributed by atoms with Crippen molar-refractivity contribution in [2.24, 2.45) is 0 Å². The maximum absolute atomic E-state index is 6.95. The molecule has 4 unspecified atom stereocenters. The van der Waals surface area contributed by atoms with Gasteiger partial charge in [0.25, 0.3) is 0 Å². The second-order valence-corrected chi connectivity index (χ2v) is 18.6. The zero-order chi connectivity index (χ0) is 46.1. The lowest BCUT2D eigenvalue weighted by atomic mass is 9.91. The van der Waals surface area contributed by atoms with Crippen LogP contribution in [0.2, 0.25) is 0 Å². The third-order valence-electron chi connectivity index (χ3n) is 14.7. The van der Waals surface area contributed by atoms with Crippen molar-refractivity contribution in [1.29, 1.82) is 0 Å². The van der Waals surface area contributed by atoms with Crippen molar-refractivity contribution in [3.05, 3.63) is 266 Å². The highest BCUT2D eigenvalue weighted by molar-refractivity contribution is 6.24. The quantitative estimate of drug-likeness (QED) is 0.142. The number of nitrogens with zero attached hydrogens (tertiary/aromatic N) is 2. The Labute approximate surface area is 407 Å². The summed E-state index contributed by atoms with van der Waals surface area (Å²) >= 11 is 0. The molecule has 0 saturated heterocycles. The van der Waals surface area contributed by atoms with Gasteiger partial charge in [-0.25, -0.2) is 0 Å². The van der Waals surface area contributed by atoms with Gasteiger partial charge in [-0.15, -0.1) is 0 Å². The Morgan fingerprint density at radius 3 is 1.09 bits per heavy atom. The molecular weight excluding hydrogens is 853 g/mol. The largest absolute Gasteiger partial charge is 0.483 e. The van der Waals surface area contributed by atoms with E-state index < -0.39 is 0 Å². The standard InChI is InChI=1S/C66H46N2O2/c1-3-17-43(18-4-1)45-33-37-47(38-34-45)67(59-29-15-27-55-53-25-11-13-31-63(53)69-65(55)59)61-41-57-50-22-8-10-24-52(50)62(42-58(57)49-21-7-9-23-51(49)61)68(48-39-35-46(36-40-48)44-19-5-2-6-20-44)60-30-16-28-56-54-26-12-14-32-64(54)70-66(56)60/h1-42,53-54,63-64H. The Bertz CT molecular complexity index is 3550. The predicted octanol–water partition coefficient (Wildman–Crippen LogP) is 17.4. The van der Waals surface area contributed by atoms with Crippen molar-refractivity contribution in [3.63, 3.8) is 0 Å². The van der Waals surface area contributed by atoms with Crippen molar-refractivity contribution >= 4 is 66.4 Å². The Morgan fingerprint density at radius 2 is 0.657 bits per heavy atom. The van der Waals surface area contributed by atoms with Gasteiger partial charge in [0.05, 0.1) is 22.7 Å². The van der Waals surface area contributed by atoms with Crippen molar-refractivity contribution in [1.82, 2.24) is 0 Å². The van der Waals surface area contributed by atoms with Gasteiger partial charge in [0.2, 0.25) is 0 Å². The molecule has 4 nitrogen and oxygen atoms in total. The molecule has 332 valence electrons. The predicted molar refractivity (Wildman–Crippen MR) is 290 cm³/mol. The van der Waals surface area contributed by atoms with E-state index in [0.29, 0.717) is 0 Å². The Balaban J connectivity index is 1.01. The van der Waals surface area contributed by atoms with Crippen LogP contribution < -0.4 is 19.3 Å². The van der Waals surface area contributed by atoms with Crippen molar-refractivity contribution in [3.8, 4) is 33.8 Å². The number of hydrogen-bond donors (Lipinski definition) is 0. The lowest BCUT2D eigenvalue weighted by Gasteiger charge is -2.31. The first-order valence-electron chi connectivity index (χ1n) is 24.3. The third-order valence-corrected chi connectivity index (χ3v) is 14.7. The zero-order valence-corrected chi connectivity index (χ0v) is 38.3. The number of ether oxygens (including phenoxy) is 2. The van der Waals surface area contributed by atoms with Crippen LogP contribution in [-0.2, 0) is 0 Å². The fraction of sp³-hybridized carbons (Fsp3) is 0.0606. The lowest BCUT2D eigenvalue weighted by Crippen LogP contribution is -2.16. The molecule has 0 fully saturated rings. The summed E-state index contributed by atoms with van der Waals surface area (Å²) < 4.78 is 13.9. The number of hydrogen-bond acceptors (Lipinski definition) is 4. The van der Waals surface area contributed by atoms with Crippen LogP contribution in [0.5, 0.6) is 11.5 Å². The van der Waals surface area contributed by atoms with E-state index in [4.69, 9.17) is 9.47 Å². The Morgan fingerprint density at radius 1 is 0.286 bits per heavy atom. The van der Waals surface area contributed by atoms with E-state index in [9.17, 15) is 0 Å². The van der Waals surface area contributed by atoms with Crippen LogP contribution in [0.15, 0.2) is 255 Å². The topological polar surface area (TPSA) is 24.9 Å². The van der Waals surface area contributed by atoms with Gasteiger partial charge < -0.3 is 19.3 Å². The molecule has 4 atom stereocenters. The maximum Gasteiger partial charge on any atom is 0.148 e. The van der Waals surface area contributed by atoms with Crippen LogP contribution in [0, 0.1) is 0 Å². The first kappa shape index (κ1) is 40.2. The average molecular weight is 899 g/mol. The molecule has 0 bridgehead atoms. The second kappa shape index (κ2) is 16.4. The van der Waals surface area contributed by atoms with Crippen LogP contribution >= 0.6 is 0 Å². The second-order valence-electron chi connectivity index (χ2n) is 18.6. The summed E-state index contributed by atoms with van der Waals surface area (Å²) in [7, 11) is 0. The van der Waals surface area contributed by atoms with Crippen LogP contribution in [0.25, 0.3) is 54.6 Å². The highest BCUT2D eigenvalue weighted by Crippen LogP contribution is 2.55. The molecule has 2 aliphatic carbocycles. The average Bonchev–Trinajstić information content (AvgIpc) is 4.02. The van der Waals surface area contributed by atoms with Gasteiger partial charge in [-0.1, -0.05) is 194 Å². The minimum absolute atomic E-state index is 0.0510. The van der Waals surface area contributed by atoms with Gasteiger partial charge >= 0.3 is 0 Å². The molecule has 0 radical (unpaired) electrons. The molecule has 14 rings (SSSR count). The van der Waals surface area contributed by atoms with E-state index >= 15 is 0 Å². The van der Waals surface area contributed by atoms with Gasteiger partial charge in [0.15, 0.2) is 0 Å². The first-order chi connectivity index (χ1) is 34.7. The van der Waals surface area contributed by atoms with Crippen LogP contribution in [0.4, 0.5) is 34.1 Å². The summed E-state index contributed by atoms with van der Waals surface area (Å²) in [4.78, 5) is 4.85. The SMILES string of the molecule is C1=CC2Oc3c(cccc3N(c3ccc(-c4ccccc4)cc3)c3cc4c5ccccc5c(N(c5ccc(-c6ccccc6)cc5)c5cccc6c5OC5C=CC=CC65)cc4c4ccccc34)C2C=C1. The van der Waals surface area contributed by atoms with Crippen LogP contribution in [-0.4, -0.2) is 12.2 Å². The van der Waals surface area contributed by atoms with E-state index in [1.54, 1.807) is 0 Å². The minimum atomic E-state index is -0.0510. The number of allylic oxidation sites excluding steroid dienone is 4. The van der Waals surface area contributed by atoms with Gasteiger partial charge in [0, 0.05) is 45.1 Å². The molecular formula is C66H46N2O2. The van der Waals surface area contributed by atoms with E-state index in [2.05, 4.69) is 265 Å². The summed E-state index contributed by atoms with van der Waals surface area (Å²) in [6.45, 7) is 0. The van der Waals surface area contributed by atoms with Gasteiger partial charge in [-0.3, -0.25) is 0 Å². The molecule has 2 heterocycles. The highest BCUT2D eigenvalue weighted by Gasteiger charge is 2.37. The molecule has 0 spiro atoms. The van der Waals surface area contributed by atoms with E-state index in [0.717, 1.165) is 67.2 Å². The molecule has 0 N–H and O–H groups in total. The molecule has 2 aliphatic heterocycles. The lowest BCUT2D eigenvalue weighted by molar-refractivity contribution is 0.269. The summed E-state index contributed by atoms with van der Waals surface area (Å²) in [5, 5.41) is 6.94. The van der Waals surface area contributed by atoms with Gasteiger partial charge in [-0.2, -0.15) is 0 Å². The molecule has 70 heavy (non-hydrogen) atoms. The first-order valence-corrected chi connectivity index (χ1v) is 24.3. The number of anilines is 6. The number of fused-ring (bicyclic) bond motifs is 11. The van der Waals surface area contributed by atoms with E-state index in [1.807, 2.05) is 0 Å². The zero-order valence-electron chi connectivity index (χ0n) is 38.3. The summed E-state index contributed by atoms with van der Waals surface area (Å²) in [6.07, 6.45) is 17.3. The third kappa shape index (κ3) is 6.52. The molecule has 10 aromatic rings. The van der Waals surface area contributed by atoms with Crippen LogP contribution in [0.1, 0.15) is 23.0 Å². The van der Waals surface area contributed by atoms with Crippen molar-refractivity contribution in [2.75, 3.05) is 9.80 Å². The van der Waals surface area contributed by atoms with Crippen LogP contribution in [0.3, 0.4) is 0 Å². The normalized spacial score (nSPS) is 18.0. The molecule has 0 aromatic heterocycles. The van der Waals surface area contributed by atoms with Crippen molar-refractivity contribution < 1.29 is 9.47 Å². The fourth-order valence-corrected chi connectivity index (χ4v) is 11.4. The molecule has 4 heteroatoms. The number of para-hydroxylation sites is 2. The molecule has 4 aliphatic rings. The Kier molecular flexibility index (Phi) is 9.44.